The van der Waals surface area contributed by atoms with E-state index in [9.17, 15) is 22.0 Å². The predicted molar refractivity (Wildman–Crippen MR) is 101 cm³/mol. The zero-order valence-corrected chi connectivity index (χ0v) is 15.1. The van der Waals surface area contributed by atoms with E-state index in [0.717, 1.165) is 29.2 Å². The Hall–Kier alpha value is -3.00. The fourth-order valence-electron chi connectivity index (χ4n) is 2.72. The number of nitrogens with zero attached hydrogens (tertiary/aromatic N) is 1. The summed E-state index contributed by atoms with van der Waals surface area (Å²) in [4.78, 5) is 12.5. The third-order valence-corrected chi connectivity index (χ3v) is 5.06. The van der Waals surface area contributed by atoms with Crippen LogP contribution in [0, 0.1) is 11.6 Å². The van der Waals surface area contributed by atoms with Crippen molar-refractivity contribution in [1.29, 1.82) is 0 Å². The molecule has 8 heteroatoms. The van der Waals surface area contributed by atoms with Gasteiger partial charge in [0.1, 0.15) is 18.2 Å². The number of hydrogen-bond acceptors (Lipinski definition) is 3. The topological polar surface area (TPSA) is 66.5 Å². The highest BCUT2D eigenvalue weighted by atomic mass is 32.2. The average Bonchev–Trinajstić information content (AvgIpc) is 2.60. The SMILES string of the molecule is CS(=O)(=O)N(CC(=O)Nc1cccc2ccccc12)c1ccc(F)cc1F. The van der Waals surface area contributed by atoms with E-state index in [1.54, 1.807) is 12.1 Å². The fourth-order valence-corrected chi connectivity index (χ4v) is 3.58. The van der Waals surface area contributed by atoms with Crippen molar-refractivity contribution in [3.63, 3.8) is 0 Å². The molecule has 0 heterocycles. The first-order valence-electron chi connectivity index (χ1n) is 7.96. The van der Waals surface area contributed by atoms with Crippen molar-refractivity contribution in [3.8, 4) is 0 Å². The lowest BCUT2D eigenvalue weighted by Gasteiger charge is -2.22. The average molecular weight is 390 g/mol. The molecule has 3 aromatic carbocycles. The Bertz CT molecular complexity index is 1110. The van der Waals surface area contributed by atoms with Gasteiger partial charge in [-0.2, -0.15) is 0 Å². The molecule has 140 valence electrons. The van der Waals surface area contributed by atoms with Crippen LogP contribution in [0.15, 0.2) is 60.7 Å². The quantitative estimate of drug-likeness (QED) is 0.725. The first kappa shape index (κ1) is 18.8. The summed E-state index contributed by atoms with van der Waals surface area (Å²) >= 11 is 0. The summed E-state index contributed by atoms with van der Waals surface area (Å²) in [7, 11) is -3.97. The molecular weight excluding hydrogens is 374 g/mol. The van der Waals surface area contributed by atoms with E-state index in [4.69, 9.17) is 0 Å². The van der Waals surface area contributed by atoms with E-state index in [1.807, 2.05) is 30.3 Å². The molecule has 0 spiro atoms. The zero-order valence-electron chi connectivity index (χ0n) is 14.3. The van der Waals surface area contributed by atoms with Gasteiger partial charge in [0.05, 0.1) is 11.9 Å². The molecular formula is C19H16F2N2O3S. The second-order valence-corrected chi connectivity index (χ2v) is 7.85. The normalized spacial score (nSPS) is 11.4. The van der Waals surface area contributed by atoms with Gasteiger partial charge in [0.2, 0.25) is 15.9 Å². The zero-order chi connectivity index (χ0) is 19.6. The lowest BCUT2D eigenvalue weighted by Crippen LogP contribution is -2.38. The van der Waals surface area contributed by atoms with Crippen LogP contribution in [0.25, 0.3) is 10.8 Å². The number of amides is 1. The molecule has 0 saturated carbocycles. The maximum Gasteiger partial charge on any atom is 0.245 e. The van der Waals surface area contributed by atoms with Crippen molar-refractivity contribution < 1.29 is 22.0 Å². The van der Waals surface area contributed by atoms with Crippen molar-refractivity contribution >= 4 is 38.1 Å². The molecule has 0 fully saturated rings. The number of benzene rings is 3. The molecule has 0 aliphatic carbocycles. The molecule has 0 unspecified atom stereocenters. The highest BCUT2D eigenvalue weighted by molar-refractivity contribution is 7.92. The molecule has 1 amide bonds. The van der Waals surface area contributed by atoms with Crippen LogP contribution in [0.3, 0.4) is 0 Å². The van der Waals surface area contributed by atoms with E-state index in [-0.39, 0.29) is 0 Å². The Kier molecular flexibility index (Phi) is 5.09. The summed E-state index contributed by atoms with van der Waals surface area (Å²) < 4.78 is 51.9. The fraction of sp³-hybridized carbons (Fsp3) is 0.105. The van der Waals surface area contributed by atoms with Gasteiger partial charge in [-0.1, -0.05) is 36.4 Å². The molecule has 1 N–H and O–H groups in total. The molecule has 0 aliphatic rings. The molecule has 5 nitrogen and oxygen atoms in total. The third kappa shape index (κ3) is 4.22. The molecule has 0 atom stereocenters. The molecule has 0 aliphatic heterocycles. The van der Waals surface area contributed by atoms with Gasteiger partial charge in [0, 0.05) is 17.1 Å². The minimum Gasteiger partial charge on any atom is -0.324 e. The van der Waals surface area contributed by atoms with Gasteiger partial charge >= 0.3 is 0 Å². The van der Waals surface area contributed by atoms with Crippen LogP contribution in [0.2, 0.25) is 0 Å². The highest BCUT2D eigenvalue weighted by Gasteiger charge is 2.24. The summed E-state index contributed by atoms with van der Waals surface area (Å²) in [6.07, 6.45) is 0.848. The Labute approximate surface area is 155 Å². The van der Waals surface area contributed by atoms with Crippen molar-refractivity contribution in [1.82, 2.24) is 0 Å². The second-order valence-electron chi connectivity index (χ2n) is 5.94. The van der Waals surface area contributed by atoms with Crippen LogP contribution < -0.4 is 9.62 Å². The van der Waals surface area contributed by atoms with E-state index in [0.29, 0.717) is 16.1 Å². The standard InChI is InChI=1S/C19H16F2N2O3S/c1-27(25,26)23(18-10-9-14(20)11-16(18)21)12-19(24)22-17-8-4-6-13-5-2-3-7-15(13)17/h2-11H,12H2,1H3,(H,22,24). The predicted octanol–water partition coefficient (Wildman–Crippen LogP) is 3.52. The number of hydrogen-bond donors (Lipinski definition) is 1. The van der Waals surface area contributed by atoms with Crippen molar-refractivity contribution in [2.75, 3.05) is 22.4 Å². The summed E-state index contributed by atoms with van der Waals surface area (Å²) in [6.45, 7) is -0.648. The summed E-state index contributed by atoms with van der Waals surface area (Å²) in [6, 6.07) is 15.2. The maximum atomic E-state index is 14.0. The van der Waals surface area contributed by atoms with Gasteiger partial charge in [-0.05, 0) is 23.6 Å². The van der Waals surface area contributed by atoms with E-state index in [2.05, 4.69) is 5.32 Å². The maximum absolute atomic E-state index is 14.0. The first-order valence-corrected chi connectivity index (χ1v) is 9.81. The second kappa shape index (κ2) is 7.32. The summed E-state index contributed by atoms with van der Waals surface area (Å²) in [5.74, 6) is -2.57. The molecule has 0 radical (unpaired) electrons. The molecule has 3 aromatic rings. The van der Waals surface area contributed by atoms with Crippen LogP contribution in [0.1, 0.15) is 0 Å². The van der Waals surface area contributed by atoms with Gasteiger partial charge in [-0.25, -0.2) is 17.2 Å². The summed E-state index contributed by atoms with van der Waals surface area (Å²) in [5.41, 5.74) is 0.109. The molecule has 0 bridgehead atoms. The van der Waals surface area contributed by atoms with Gasteiger partial charge in [-0.3, -0.25) is 9.10 Å². The van der Waals surface area contributed by atoms with Crippen LogP contribution in [-0.2, 0) is 14.8 Å². The Morgan fingerprint density at radius 1 is 1.04 bits per heavy atom. The first-order chi connectivity index (χ1) is 12.8. The number of anilines is 2. The molecule has 0 saturated heterocycles. The number of sulfonamides is 1. The monoisotopic (exact) mass is 390 g/mol. The van der Waals surface area contributed by atoms with Gasteiger partial charge in [-0.15, -0.1) is 0 Å². The smallest absolute Gasteiger partial charge is 0.245 e. The largest absolute Gasteiger partial charge is 0.324 e. The van der Waals surface area contributed by atoms with Crippen LogP contribution in [-0.4, -0.2) is 27.1 Å². The molecule has 27 heavy (non-hydrogen) atoms. The minimum absolute atomic E-state index is 0.396. The minimum atomic E-state index is -3.97. The van der Waals surface area contributed by atoms with Crippen LogP contribution >= 0.6 is 0 Å². The number of halogens is 2. The highest BCUT2D eigenvalue weighted by Crippen LogP contribution is 2.25. The Morgan fingerprint density at radius 2 is 1.74 bits per heavy atom. The van der Waals surface area contributed by atoms with Crippen molar-refractivity contribution in [2.45, 2.75) is 0 Å². The van der Waals surface area contributed by atoms with Crippen molar-refractivity contribution in [3.05, 3.63) is 72.3 Å². The van der Waals surface area contributed by atoms with Gasteiger partial charge in [0.25, 0.3) is 0 Å². The number of nitrogens with one attached hydrogen (secondary N) is 1. The van der Waals surface area contributed by atoms with Gasteiger partial charge in [0.15, 0.2) is 0 Å². The van der Waals surface area contributed by atoms with E-state index in [1.165, 1.54) is 0 Å². The Morgan fingerprint density at radius 3 is 2.44 bits per heavy atom. The number of carbonyl (C=O) groups excluding carboxylic acids is 1. The number of carbonyl (C=O) groups is 1. The number of rotatable bonds is 5. The van der Waals surface area contributed by atoms with Gasteiger partial charge < -0.3 is 5.32 Å². The van der Waals surface area contributed by atoms with E-state index >= 15 is 0 Å². The molecule has 0 aromatic heterocycles. The number of fused-ring (bicyclic) bond motifs is 1. The lowest BCUT2D eigenvalue weighted by atomic mass is 10.1. The van der Waals surface area contributed by atoms with Crippen LogP contribution in [0.4, 0.5) is 20.2 Å². The van der Waals surface area contributed by atoms with Crippen LogP contribution in [0.5, 0.6) is 0 Å². The van der Waals surface area contributed by atoms with E-state index < -0.39 is 39.8 Å². The Balaban J connectivity index is 1.89. The summed E-state index contributed by atoms with van der Waals surface area (Å²) in [5, 5.41) is 4.33. The molecule has 3 rings (SSSR count). The third-order valence-electron chi connectivity index (χ3n) is 3.93. The van der Waals surface area contributed by atoms with Crippen molar-refractivity contribution in [2.24, 2.45) is 0 Å². The lowest BCUT2D eigenvalue weighted by molar-refractivity contribution is -0.114.